The van der Waals surface area contributed by atoms with Crippen molar-refractivity contribution in [3.8, 4) is 11.8 Å². The second-order valence-electron chi connectivity index (χ2n) is 4.35. The third-order valence-electron chi connectivity index (χ3n) is 2.93. The molecule has 110 valence electrons. The van der Waals surface area contributed by atoms with Crippen LogP contribution in [0.5, 0.6) is 5.75 Å². The number of benzene rings is 2. The Labute approximate surface area is 133 Å². The molecular weight excluding hydrogens is 300 g/mol. The van der Waals surface area contributed by atoms with E-state index < -0.39 is 5.91 Å². The van der Waals surface area contributed by atoms with Crippen LogP contribution in [0.1, 0.15) is 5.56 Å². The van der Waals surface area contributed by atoms with Crippen LogP contribution in [0.3, 0.4) is 0 Å². The first-order chi connectivity index (χ1) is 10.7. The molecule has 0 fully saturated rings. The maximum atomic E-state index is 12.2. The molecule has 0 aliphatic heterocycles. The lowest BCUT2D eigenvalue weighted by molar-refractivity contribution is -0.112. The van der Waals surface area contributed by atoms with Gasteiger partial charge in [-0.2, -0.15) is 5.26 Å². The Kier molecular flexibility index (Phi) is 5.18. The Hall–Kier alpha value is -2.77. The van der Waals surface area contributed by atoms with E-state index in [1.165, 1.54) is 13.2 Å². The van der Waals surface area contributed by atoms with Crippen LogP contribution in [0, 0.1) is 11.3 Å². The fourth-order valence-corrected chi connectivity index (χ4v) is 2.02. The molecule has 2 aromatic carbocycles. The molecule has 2 rings (SSSR count). The highest BCUT2D eigenvalue weighted by Crippen LogP contribution is 2.24. The van der Waals surface area contributed by atoms with Crippen molar-refractivity contribution in [1.29, 1.82) is 5.26 Å². The molecule has 0 unspecified atom stereocenters. The molecular formula is C17H13ClN2O2. The zero-order valence-electron chi connectivity index (χ0n) is 11.8. The summed E-state index contributed by atoms with van der Waals surface area (Å²) in [6, 6.07) is 15.8. The summed E-state index contributed by atoms with van der Waals surface area (Å²) >= 11 is 6.03. The molecule has 0 aliphatic rings. The average molecular weight is 313 g/mol. The number of rotatable bonds is 4. The van der Waals surface area contributed by atoms with Gasteiger partial charge in [0.25, 0.3) is 5.91 Å². The third-order valence-corrected chi connectivity index (χ3v) is 3.27. The van der Waals surface area contributed by atoms with E-state index in [1.807, 2.05) is 6.07 Å². The Bertz CT molecular complexity index is 763. The van der Waals surface area contributed by atoms with E-state index in [4.69, 9.17) is 16.3 Å². The highest BCUT2D eigenvalue weighted by atomic mass is 35.5. The lowest BCUT2D eigenvalue weighted by atomic mass is 10.1. The number of carbonyl (C=O) groups is 1. The Morgan fingerprint density at radius 3 is 2.59 bits per heavy atom. The zero-order valence-corrected chi connectivity index (χ0v) is 12.6. The number of ether oxygens (including phenoxy) is 1. The average Bonchev–Trinajstić information content (AvgIpc) is 2.54. The van der Waals surface area contributed by atoms with Gasteiger partial charge in [-0.3, -0.25) is 4.79 Å². The van der Waals surface area contributed by atoms with Gasteiger partial charge in [-0.05, 0) is 29.8 Å². The summed E-state index contributed by atoms with van der Waals surface area (Å²) in [7, 11) is 1.51. The molecule has 0 radical (unpaired) electrons. The maximum absolute atomic E-state index is 12.2. The van der Waals surface area contributed by atoms with Crippen LogP contribution in [-0.2, 0) is 4.79 Å². The number of nitrogens with one attached hydrogen (secondary N) is 1. The standard InChI is InChI=1S/C17H13ClN2O2/c1-22-16-9-5-4-8-15(16)20-17(21)13(11-19)10-12-6-2-3-7-14(12)18/h2-10H,1H3,(H,20,21). The molecule has 0 heterocycles. The zero-order chi connectivity index (χ0) is 15.9. The van der Waals surface area contributed by atoms with Crippen molar-refractivity contribution in [2.45, 2.75) is 0 Å². The SMILES string of the molecule is COc1ccccc1NC(=O)C(C#N)=Cc1ccccc1Cl. The number of para-hydroxylation sites is 2. The summed E-state index contributed by atoms with van der Waals surface area (Å²) in [5, 5.41) is 12.3. The lowest BCUT2D eigenvalue weighted by Crippen LogP contribution is -2.14. The molecule has 22 heavy (non-hydrogen) atoms. The number of nitrogens with zero attached hydrogens (tertiary/aromatic N) is 1. The number of carbonyl (C=O) groups excluding carboxylic acids is 1. The van der Waals surface area contributed by atoms with Gasteiger partial charge in [0.1, 0.15) is 17.4 Å². The highest BCUT2D eigenvalue weighted by molar-refractivity contribution is 6.32. The highest BCUT2D eigenvalue weighted by Gasteiger charge is 2.12. The van der Waals surface area contributed by atoms with Crippen molar-refractivity contribution >= 4 is 29.3 Å². The quantitative estimate of drug-likeness (QED) is 0.688. The molecule has 2 aromatic rings. The fourth-order valence-electron chi connectivity index (χ4n) is 1.83. The monoisotopic (exact) mass is 312 g/mol. The summed E-state index contributed by atoms with van der Waals surface area (Å²) in [4.78, 5) is 12.2. The van der Waals surface area contributed by atoms with E-state index in [0.717, 1.165) is 0 Å². The van der Waals surface area contributed by atoms with Crippen LogP contribution >= 0.6 is 11.6 Å². The number of nitriles is 1. The van der Waals surface area contributed by atoms with Gasteiger partial charge in [-0.1, -0.05) is 41.9 Å². The van der Waals surface area contributed by atoms with Crippen molar-refractivity contribution in [3.05, 3.63) is 64.7 Å². The molecule has 0 bridgehead atoms. The predicted molar refractivity (Wildman–Crippen MR) is 86.7 cm³/mol. The number of hydrogen-bond donors (Lipinski definition) is 1. The molecule has 0 spiro atoms. The first-order valence-electron chi connectivity index (χ1n) is 6.46. The van der Waals surface area contributed by atoms with Crippen molar-refractivity contribution in [2.24, 2.45) is 0 Å². The van der Waals surface area contributed by atoms with Gasteiger partial charge in [0.2, 0.25) is 0 Å². The van der Waals surface area contributed by atoms with E-state index in [9.17, 15) is 10.1 Å². The summed E-state index contributed by atoms with van der Waals surface area (Å²) in [5.41, 5.74) is 1.06. The molecule has 0 aliphatic carbocycles. The molecule has 4 nitrogen and oxygen atoms in total. The van der Waals surface area contributed by atoms with E-state index in [0.29, 0.717) is 22.0 Å². The van der Waals surface area contributed by atoms with Crippen LogP contribution in [0.25, 0.3) is 6.08 Å². The van der Waals surface area contributed by atoms with Gasteiger partial charge in [-0.25, -0.2) is 0 Å². The summed E-state index contributed by atoms with van der Waals surface area (Å²) in [6.07, 6.45) is 1.45. The minimum absolute atomic E-state index is 0.0426. The van der Waals surface area contributed by atoms with E-state index in [-0.39, 0.29) is 5.57 Å². The first-order valence-corrected chi connectivity index (χ1v) is 6.84. The van der Waals surface area contributed by atoms with Crippen LogP contribution in [0.4, 0.5) is 5.69 Å². The van der Waals surface area contributed by atoms with Gasteiger partial charge in [0.05, 0.1) is 12.8 Å². The second kappa shape index (κ2) is 7.30. The molecule has 1 amide bonds. The number of halogens is 1. The smallest absolute Gasteiger partial charge is 0.266 e. The summed E-state index contributed by atoms with van der Waals surface area (Å²) < 4.78 is 5.16. The fraction of sp³-hybridized carbons (Fsp3) is 0.0588. The molecule has 0 atom stereocenters. The number of methoxy groups -OCH3 is 1. The second-order valence-corrected chi connectivity index (χ2v) is 4.75. The lowest BCUT2D eigenvalue weighted by Gasteiger charge is -2.09. The largest absolute Gasteiger partial charge is 0.495 e. The minimum atomic E-state index is -0.521. The first kappa shape index (κ1) is 15.6. The van der Waals surface area contributed by atoms with Crippen LogP contribution in [0.15, 0.2) is 54.1 Å². The Morgan fingerprint density at radius 1 is 1.23 bits per heavy atom. The van der Waals surface area contributed by atoms with Crippen molar-refractivity contribution in [1.82, 2.24) is 0 Å². The number of hydrogen-bond acceptors (Lipinski definition) is 3. The van der Waals surface area contributed by atoms with Gasteiger partial charge in [-0.15, -0.1) is 0 Å². The van der Waals surface area contributed by atoms with E-state index in [2.05, 4.69) is 5.32 Å². The van der Waals surface area contributed by atoms with Crippen molar-refractivity contribution in [3.63, 3.8) is 0 Å². The van der Waals surface area contributed by atoms with E-state index >= 15 is 0 Å². The third kappa shape index (κ3) is 3.66. The number of amides is 1. The normalized spacial score (nSPS) is 10.7. The molecule has 1 N–H and O–H groups in total. The van der Waals surface area contributed by atoms with Crippen molar-refractivity contribution in [2.75, 3.05) is 12.4 Å². The summed E-state index contributed by atoms with van der Waals surface area (Å²) in [6.45, 7) is 0. The molecule has 0 saturated carbocycles. The minimum Gasteiger partial charge on any atom is -0.495 e. The number of anilines is 1. The molecule has 5 heteroatoms. The maximum Gasteiger partial charge on any atom is 0.266 e. The van der Waals surface area contributed by atoms with Gasteiger partial charge >= 0.3 is 0 Å². The molecule has 0 aromatic heterocycles. The van der Waals surface area contributed by atoms with Crippen molar-refractivity contribution < 1.29 is 9.53 Å². The predicted octanol–water partition coefficient (Wildman–Crippen LogP) is 3.89. The molecule has 0 saturated heterocycles. The Morgan fingerprint density at radius 2 is 1.91 bits per heavy atom. The summed E-state index contributed by atoms with van der Waals surface area (Å²) in [5.74, 6) is -0.00203. The van der Waals surface area contributed by atoms with Crippen LogP contribution in [0.2, 0.25) is 5.02 Å². The van der Waals surface area contributed by atoms with E-state index in [1.54, 1.807) is 48.5 Å². The van der Waals surface area contributed by atoms with Gasteiger partial charge in [0.15, 0.2) is 0 Å². The van der Waals surface area contributed by atoms with Crippen LogP contribution in [-0.4, -0.2) is 13.0 Å². The van der Waals surface area contributed by atoms with Gasteiger partial charge in [0, 0.05) is 5.02 Å². The Balaban J connectivity index is 2.27. The topological polar surface area (TPSA) is 62.1 Å². The van der Waals surface area contributed by atoms with Crippen LogP contribution < -0.4 is 10.1 Å². The van der Waals surface area contributed by atoms with Gasteiger partial charge < -0.3 is 10.1 Å².